The Morgan fingerprint density at radius 2 is 1.55 bits per heavy atom. The summed E-state index contributed by atoms with van der Waals surface area (Å²) in [7, 11) is -4.52. The molecule has 0 rings (SSSR count). The van der Waals surface area contributed by atoms with E-state index in [4.69, 9.17) is 13.3 Å². The molecule has 0 saturated carbocycles. The molecule has 0 radical (unpaired) electrons. The van der Waals surface area contributed by atoms with Gasteiger partial charge in [0.1, 0.15) is 0 Å². The van der Waals surface area contributed by atoms with Crippen LogP contribution in [-0.2, 0) is 13.3 Å². The van der Waals surface area contributed by atoms with Crippen LogP contribution in [0.15, 0.2) is 11.8 Å². The number of hydrogen-bond donors (Lipinski definition) is 1. The molecule has 20 heavy (non-hydrogen) atoms. The topological polar surface area (TPSA) is 47.9 Å². The van der Waals surface area contributed by atoms with Crippen molar-refractivity contribution in [2.24, 2.45) is 0 Å². The number of hydrogen-bond acceptors (Lipinski definition) is 4. The average Bonchev–Trinajstić information content (AvgIpc) is 2.23. The summed E-state index contributed by atoms with van der Waals surface area (Å²) in [6.45, 7) is 16.6. The van der Waals surface area contributed by atoms with Gasteiger partial charge in [0.25, 0.3) is 5.97 Å². The van der Waals surface area contributed by atoms with Gasteiger partial charge in [-0.25, -0.2) is 0 Å². The summed E-state index contributed by atoms with van der Waals surface area (Å²) in [5, 5.41) is 9.46. The standard InChI is InChI=1S/C13H32O4Si3/c1-9-10-18-15-13(12(2)11-14,16-19(3,4)5)17-20(6,7)8/h11,14H,9-10,18H2,1-8H3/b12-11+. The molecule has 0 saturated heterocycles. The molecular formula is C13H32O4Si3. The zero-order valence-electron chi connectivity index (χ0n) is 14.4. The summed E-state index contributed by atoms with van der Waals surface area (Å²) in [6.07, 6.45) is 2.16. The highest BCUT2D eigenvalue weighted by molar-refractivity contribution is 6.71. The molecule has 0 bridgehead atoms. The van der Waals surface area contributed by atoms with Crippen molar-refractivity contribution >= 4 is 26.4 Å². The van der Waals surface area contributed by atoms with Crippen molar-refractivity contribution in [2.45, 2.75) is 71.6 Å². The monoisotopic (exact) mass is 336 g/mol. The van der Waals surface area contributed by atoms with E-state index in [2.05, 4.69) is 46.2 Å². The molecule has 0 spiro atoms. The quantitative estimate of drug-likeness (QED) is 0.302. The second-order valence-corrected chi connectivity index (χ2v) is 17.3. The van der Waals surface area contributed by atoms with Crippen molar-refractivity contribution < 1.29 is 18.4 Å². The normalized spacial score (nSPS) is 15.3. The lowest BCUT2D eigenvalue weighted by Gasteiger charge is -2.42. The smallest absolute Gasteiger partial charge is 0.281 e. The number of aliphatic hydroxyl groups is 1. The van der Waals surface area contributed by atoms with Crippen molar-refractivity contribution in [2.75, 3.05) is 0 Å². The predicted octanol–water partition coefficient (Wildman–Crippen LogP) is 3.73. The van der Waals surface area contributed by atoms with E-state index in [-0.39, 0.29) is 0 Å². The Labute approximate surface area is 128 Å². The maximum atomic E-state index is 9.46. The maximum absolute atomic E-state index is 9.46. The van der Waals surface area contributed by atoms with E-state index in [1.165, 1.54) is 0 Å². The van der Waals surface area contributed by atoms with Gasteiger partial charge in [-0.2, -0.15) is 0 Å². The maximum Gasteiger partial charge on any atom is 0.281 e. The predicted molar refractivity (Wildman–Crippen MR) is 92.7 cm³/mol. The fourth-order valence-electron chi connectivity index (χ4n) is 1.59. The second-order valence-electron chi connectivity index (χ2n) is 7.00. The molecule has 0 atom stereocenters. The van der Waals surface area contributed by atoms with Gasteiger partial charge in [0.05, 0.1) is 6.26 Å². The molecule has 0 amide bonds. The van der Waals surface area contributed by atoms with Crippen LogP contribution >= 0.6 is 0 Å². The summed E-state index contributed by atoms with van der Waals surface area (Å²) in [5.74, 6) is -1.18. The molecule has 1 N–H and O–H groups in total. The largest absolute Gasteiger partial charge is 0.515 e. The van der Waals surface area contributed by atoms with Gasteiger partial charge in [0.2, 0.25) is 0 Å². The van der Waals surface area contributed by atoms with E-state index in [1.54, 1.807) is 6.92 Å². The minimum atomic E-state index is -1.89. The van der Waals surface area contributed by atoms with Gasteiger partial charge in [-0.05, 0) is 52.2 Å². The lowest BCUT2D eigenvalue weighted by atomic mass is 10.3. The molecule has 7 heteroatoms. The Morgan fingerprint density at radius 1 is 1.10 bits per heavy atom. The van der Waals surface area contributed by atoms with Crippen LogP contribution in [0, 0.1) is 0 Å². The highest BCUT2D eigenvalue weighted by atomic mass is 28.4. The van der Waals surface area contributed by atoms with Gasteiger partial charge < -0.3 is 18.4 Å². The van der Waals surface area contributed by atoms with Crippen LogP contribution in [-0.4, -0.2) is 37.5 Å². The lowest BCUT2D eigenvalue weighted by Crippen LogP contribution is -2.53. The minimum absolute atomic E-state index is 0.603. The van der Waals surface area contributed by atoms with Crippen molar-refractivity contribution in [1.82, 2.24) is 0 Å². The van der Waals surface area contributed by atoms with Crippen LogP contribution < -0.4 is 0 Å². The van der Waals surface area contributed by atoms with Crippen molar-refractivity contribution in [3.63, 3.8) is 0 Å². The van der Waals surface area contributed by atoms with E-state index in [0.717, 1.165) is 18.7 Å². The van der Waals surface area contributed by atoms with E-state index in [0.29, 0.717) is 5.57 Å². The summed E-state index contributed by atoms with van der Waals surface area (Å²) in [5.41, 5.74) is 0.603. The molecule has 0 aliphatic heterocycles. The first kappa shape index (κ1) is 20.1. The third-order valence-corrected chi connectivity index (χ3v) is 5.69. The third-order valence-electron chi connectivity index (χ3n) is 2.35. The van der Waals surface area contributed by atoms with Crippen molar-refractivity contribution in [3.05, 3.63) is 11.8 Å². The van der Waals surface area contributed by atoms with Crippen LogP contribution in [0.2, 0.25) is 45.3 Å². The molecule has 0 aliphatic carbocycles. The van der Waals surface area contributed by atoms with Gasteiger partial charge >= 0.3 is 0 Å². The highest BCUT2D eigenvalue weighted by Gasteiger charge is 2.43. The Bertz CT molecular complexity index is 303. The van der Waals surface area contributed by atoms with E-state index >= 15 is 0 Å². The molecule has 4 nitrogen and oxygen atoms in total. The van der Waals surface area contributed by atoms with Crippen LogP contribution in [0.3, 0.4) is 0 Å². The molecule has 0 aromatic rings. The van der Waals surface area contributed by atoms with Gasteiger partial charge in [-0.1, -0.05) is 13.3 Å². The molecule has 0 aromatic heterocycles. The second kappa shape index (κ2) is 7.90. The molecule has 0 fully saturated rings. The third kappa shape index (κ3) is 7.75. The molecule has 0 aliphatic rings. The van der Waals surface area contributed by atoms with Gasteiger partial charge in [0.15, 0.2) is 26.4 Å². The highest BCUT2D eigenvalue weighted by Crippen LogP contribution is 2.32. The molecule has 0 heterocycles. The molecule has 0 aromatic carbocycles. The van der Waals surface area contributed by atoms with Gasteiger partial charge in [-0.3, -0.25) is 0 Å². The summed E-state index contributed by atoms with van der Waals surface area (Å²) < 4.78 is 18.6. The number of rotatable bonds is 9. The van der Waals surface area contributed by atoms with Crippen molar-refractivity contribution in [1.29, 1.82) is 0 Å². The van der Waals surface area contributed by atoms with Crippen LogP contribution in [0.5, 0.6) is 0 Å². The van der Waals surface area contributed by atoms with E-state index in [1.807, 2.05) is 0 Å². The molecular weight excluding hydrogens is 304 g/mol. The fourth-order valence-corrected chi connectivity index (χ4v) is 5.09. The SMILES string of the molecule is CCC[SiH2]OC(O[Si](C)(C)C)(O[Si](C)(C)C)/C(C)=C/O. The lowest BCUT2D eigenvalue weighted by molar-refractivity contribution is -0.236. The first-order chi connectivity index (χ1) is 8.96. The van der Waals surface area contributed by atoms with E-state index < -0.39 is 32.4 Å². The van der Waals surface area contributed by atoms with Crippen LogP contribution in [0.25, 0.3) is 0 Å². The van der Waals surface area contributed by atoms with E-state index in [9.17, 15) is 5.11 Å². The Balaban J connectivity index is 5.40. The molecule has 0 unspecified atom stereocenters. The van der Waals surface area contributed by atoms with Crippen molar-refractivity contribution in [3.8, 4) is 0 Å². The summed E-state index contributed by atoms with van der Waals surface area (Å²) in [6, 6.07) is 1.07. The number of aliphatic hydroxyl groups excluding tert-OH is 1. The van der Waals surface area contributed by atoms with Gasteiger partial charge in [-0.15, -0.1) is 0 Å². The summed E-state index contributed by atoms with van der Waals surface area (Å²) >= 11 is 0. The first-order valence-corrected chi connectivity index (χ1v) is 15.7. The minimum Gasteiger partial charge on any atom is -0.515 e. The zero-order valence-corrected chi connectivity index (χ0v) is 17.8. The summed E-state index contributed by atoms with van der Waals surface area (Å²) in [4.78, 5) is 0. The fraction of sp³-hybridized carbons (Fsp3) is 0.846. The Hall–Kier alpha value is 0.0706. The van der Waals surface area contributed by atoms with Crippen LogP contribution in [0.1, 0.15) is 20.3 Å². The molecule has 120 valence electrons. The Morgan fingerprint density at radius 3 is 1.85 bits per heavy atom. The van der Waals surface area contributed by atoms with Crippen LogP contribution in [0.4, 0.5) is 0 Å². The average molecular weight is 337 g/mol. The van der Waals surface area contributed by atoms with Gasteiger partial charge in [0, 0.05) is 5.57 Å². The first-order valence-electron chi connectivity index (χ1n) is 7.31. The zero-order chi connectivity index (χ0) is 16.0. The Kier molecular flexibility index (Phi) is 7.93.